The number of methoxy groups -OCH3 is 1. The van der Waals surface area contributed by atoms with E-state index in [1.165, 1.54) is 11.6 Å². The molecule has 3 rings (SSSR count). The molecule has 0 spiro atoms. The van der Waals surface area contributed by atoms with E-state index in [4.69, 9.17) is 9.47 Å². The first-order valence-electron chi connectivity index (χ1n) is 10.6. The van der Waals surface area contributed by atoms with Crippen molar-refractivity contribution >= 4 is 17.6 Å². The molecule has 1 aliphatic carbocycles. The molecule has 0 N–H and O–H groups in total. The van der Waals surface area contributed by atoms with Crippen LogP contribution in [0.25, 0.3) is 11.6 Å². The first-order chi connectivity index (χ1) is 14.9. The quantitative estimate of drug-likeness (QED) is 0.555. The van der Waals surface area contributed by atoms with Crippen LogP contribution in [0.5, 0.6) is 5.75 Å². The molecule has 0 saturated carbocycles. The summed E-state index contributed by atoms with van der Waals surface area (Å²) < 4.78 is 25.4. The molecule has 5 heteroatoms. The molecule has 2 aromatic carbocycles. The summed E-state index contributed by atoms with van der Waals surface area (Å²) in [5, 5.41) is 0. The second-order valence-corrected chi connectivity index (χ2v) is 7.98. The summed E-state index contributed by atoms with van der Waals surface area (Å²) in [5.74, 6) is 0.00371. The lowest BCUT2D eigenvalue weighted by Crippen LogP contribution is -2.24. The highest BCUT2D eigenvalue weighted by atomic mass is 19.1. The van der Waals surface area contributed by atoms with E-state index in [-0.39, 0.29) is 12.2 Å². The number of rotatable bonds is 7. The second kappa shape index (κ2) is 10.4. The minimum Gasteiger partial charge on any atom is -0.497 e. The lowest BCUT2D eigenvalue weighted by Gasteiger charge is -2.29. The Labute approximate surface area is 184 Å². The molecule has 0 fully saturated rings. The SMILES string of the molecule is CCOC(=O)c1cccc(C=C2C=C(c3cccc(OC)c3)C(CN(C)C)CC2)c1F. The average molecular weight is 424 g/mol. The molecule has 1 atom stereocenters. The zero-order valence-electron chi connectivity index (χ0n) is 18.7. The third kappa shape index (κ3) is 5.61. The number of hydrogen-bond acceptors (Lipinski definition) is 4. The fourth-order valence-corrected chi connectivity index (χ4v) is 3.98. The van der Waals surface area contributed by atoms with Gasteiger partial charge in [0.2, 0.25) is 0 Å². The monoisotopic (exact) mass is 423 g/mol. The summed E-state index contributed by atoms with van der Waals surface area (Å²) in [4.78, 5) is 14.2. The number of carbonyl (C=O) groups is 1. The van der Waals surface area contributed by atoms with Gasteiger partial charge in [-0.2, -0.15) is 0 Å². The van der Waals surface area contributed by atoms with Gasteiger partial charge in [0.05, 0.1) is 19.3 Å². The standard InChI is InChI=1S/C26H30FNO3/c1-5-31-26(29)23-11-7-9-20(25(23)27)14-18-12-13-21(17-28(2)3)24(15-18)19-8-6-10-22(16-19)30-4/h6-11,14-16,21H,5,12-13,17H2,1-4H3. The zero-order valence-corrected chi connectivity index (χ0v) is 18.7. The van der Waals surface area contributed by atoms with Gasteiger partial charge in [0.1, 0.15) is 11.6 Å². The van der Waals surface area contributed by atoms with E-state index in [2.05, 4.69) is 31.1 Å². The van der Waals surface area contributed by atoms with E-state index in [1.807, 2.05) is 24.3 Å². The number of carbonyl (C=O) groups excluding carboxylic acids is 1. The van der Waals surface area contributed by atoms with Crippen LogP contribution in [-0.4, -0.2) is 45.2 Å². The van der Waals surface area contributed by atoms with Crippen LogP contribution in [0.1, 0.15) is 41.3 Å². The molecule has 31 heavy (non-hydrogen) atoms. The van der Waals surface area contributed by atoms with Crippen LogP contribution in [0.15, 0.2) is 54.1 Å². The predicted octanol–water partition coefficient (Wildman–Crippen LogP) is 5.45. The van der Waals surface area contributed by atoms with Gasteiger partial charge in [0.25, 0.3) is 0 Å². The molecule has 164 valence electrons. The van der Waals surface area contributed by atoms with E-state index >= 15 is 0 Å². The minimum atomic E-state index is -0.637. The minimum absolute atomic E-state index is 0.0329. The van der Waals surface area contributed by atoms with E-state index in [1.54, 1.807) is 26.2 Å². The van der Waals surface area contributed by atoms with E-state index in [9.17, 15) is 9.18 Å². The normalized spacial score (nSPS) is 17.5. The molecule has 1 aliphatic rings. The molecule has 0 heterocycles. The van der Waals surface area contributed by atoms with E-state index in [0.717, 1.165) is 36.3 Å². The number of allylic oxidation sites excluding steroid dienone is 2. The number of nitrogens with zero attached hydrogens (tertiary/aromatic N) is 1. The van der Waals surface area contributed by atoms with Crippen molar-refractivity contribution in [1.82, 2.24) is 4.90 Å². The third-order valence-electron chi connectivity index (χ3n) is 5.42. The van der Waals surface area contributed by atoms with Gasteiger partial charge in [-0.15, -0.1) is 0 Å². The number of ether oxygens (including phenoxy) is 2. The molecule has 0 aliphatic heterocycles. The molecule has 0 radical (unpaired) electrons. The molecule has 0 amide bonds. The van der Waals surface area contributed by atoms with Crippen molar-refractivity contribution in [3.05, 3.63) is 76.6 Å². The molecule has 1 unspecified atom stereocenters. The lowest BCUT2D eigenvalue weighted by atomic mass is 9.81. The number of halogens is 1. The number of hydrogen-bond donors (Lipinski definition) is 0. The van der Waals surface area contributed by atoms with Gasteiger partial charge in [0, 0.05) is 12.1 Å². The van der Waals surface area contributed by atoms with Crippen molar-refractivity contribution in [2.45, 2.75) is 19.8 Å². The van der Waals surface area contributed by atoms with Crippen molar-refractivity contribution in [2.75, 3.05) is 34.4 Å². The van der Waals surface area contributed by atoms with Crippen molar-refractivity contribution in [3.63, 3.8) is 0 Å². The summed E-state index contributed by atoms with van der Waals surface area (Å²) in [7, 11) is 5.81. The third-order valence-corrected chi connectivity index (χ3v) is 5.42. The summed E-state index contributed by atoms with van der Waals surface area (Å²) in [6, 6.07) is 12.9. The van der Waals surface area contributed by atoms with Crippen LogP contribution in [0.4, 0.5) is 4.39 Å². The van der Waals surface area contributed by atoms with Gasteiger partial charge in [0.15, 0.2) is 0 Å². The van der Waals surface area contributed by atoms with Crippen LogP contribution < -0.4 is 4.74 Å². The maximum Gasteiger partial charge on any atom is 0.341 e. The number of benzene rings is 2. The summed E-state index contributed by atoms with van der Waals surface area (Å²) >= 11 is 0. The number of esters is 1. The summed E-state index contributed by atoms with van der Waals surface area (Å²) in [6.45, 7) is 2.85. The molecular weight excluding hydrogens is 393 g/mol. The molecule has 0 saturated heterocycles. The van der Waals surface area contributed by atoms with Gasteiger partial charge >= 0.3 is 5.97 Å². The fraction of sp³-hybridized carbons (Fsp3) is 0.346. The highest BCUT2D eigenvalue weighted by Gasteiger charge is 2.23. The molecule has 2 aromatic rings. The largest absolute Gasteiger partial charge is 0.497 e. The van der Waals surface area contributed by atoms with Crippen molar-refractivity contribution in [1.29, 1.82) is 0 Å². The van der Waals surface area contributed by atoms with Crippen molar-refractivity contribution in [2.24, 2.45) is 5.92 Å². The Bertz CT molecular complexity index is 994. The summed E-state index contributed by atoms with van der Waals surface area (Å²) in [5.41, 5.74) is 3.72. The Hall–Kier alpha value is -2.92. The first kappa shape index (κ1) is 22.8. The van der Waals surface area contributed by atoms with Gasteiger partial charge < -0.3 is 14.4 Å². The molecule has 0 aromatic heterocycles. The average Bonchev–Trinajstić information content (AvgIpc) is 2.76. The molecule has 0 bridgehead atoms. The van der Waals surface area contributed by atoms with Crippen molar-refractivity contribution in [3.8, 4) is 5.75 Å². The van der Waals surface area contributed by atoms with Crippen LogP contribution >= 0.6 is 0 Å². The topological polar surface area (TPSA) is 38.8 Å². The van der Waals surface area contributed by atoms with Gasteiger partial charge in [-0.25, -0.2) is 9.18 Å². The Morgan fingerprint density at radius 1 is 1.23 bits per heavy atom. The van der Waals surface area contributed by atoms with E-state index < -0.39 is 11.8 Å². The van der Waals surface area contributed by atoms with Crippen molar-refractivity contribution < 1.29 is 18.7 Å². The fourth-order valence-electron chi connectivity index (χ4n) is 3.98. The van der Waals surface area contributed by atoms with Gasteiger partial charge in [-0.1, -0.05) is 30.3 Å². The Morgan fingerprint density at radius 3 is 2.71 bits per heavy atom. The summed E-state index contributed by atoms with van der Waals surface area (Å²) in [6.07, 6.45) is 5.80. The highest BCUT2D eigenvalue weighted by Crippen LogP contribution is 2.37. The molecule has 4 nitrogen and oxygen atoms in total. The predicted molar refractivity (Wildman–Crippen MR) is 123 cm³/mol. The van der Waals surface area contributed by atoms with Crippen LogP contribution in [0, 0.1) is 11.7 Å². The Morgan fingerprint density at radius 2 is 2.00 bits per heavy atom. The molecular formula is C26H30FNO3. The van der Waals surface area contributed by atoms with Gasteiger partial charge in [-0.05, 0) is 80.8 Å². The maximum atomic E-state index is 15.0. The Balaban J connectivity index is 2.01. The van der Waals surface area contributed by atoms with Crippen LogP contribution in [0.2, 0.25) is 0 Å². The maximum absolute atomic E-state index is 15.0. The lowest BCUT2D eigenvalue weighted by molar-refractivity contribution is 0.0521. The zero-order chi connectivity index (χ0) is 22.4. The van der Waals surface area contributed by atoms with Gasteiger partial charge in [-0.3, -0.25) is 0 Å². The second-order valence-electron chi connectivity index (χ2n) is 7.98. The highest BCUT2D eigenvalue weighted by molar-refractivity contribution is 5.90. The van der Waals surface area contributed by atoms with E-state index in [0.29, 0.717) is 11.5 Å². The van der Waals surface area contributed by atoms with Crippen LogP contribution in [0.3, 0.4) is 0 Å². The smallest absolute Gasteiger partial charge is 0.341 e. The first-order valence-corrected chi connectivity index (χ1v) is 10.6. The Kier molecular flexibility index (Phi) is 7.64. The van der Waals surface area contributed by atoms with Crippen LogP contribution in [-0.2, 0) is 4.74 Å².